The maximum absolute atomic E-state index is 13.3. The molecule has 2 aromatic rings. The van der Waals surface area contributed by atoms with Gasteiger partial charge in [0.2, 0.25) is 6.79 Å². The first-order valence-corrected chi connectivity index (χ1v) is 11.9. The second-order valence-corrected chi connectivity index (χ2v) is 8.16. The fourth-order valence-electron chi connectivity index (χ4n) is 3.57. The number of carbonyl (C=O) groups excluding carboxylic acids is 4. The summed E-state index contributed by atoms with van der Waals surface area (Å²) in [4.78, 5) is 60.8. The smallest absolute Gasteiger partial charge is 0.498 e. The number of hydrogen-bond acceptors (Lipinski definition) is 9. The highest BCUT2D eigenvalue weighted by Gasteiger charge is 2.33. The molecular formula is C27H29N3O11. The molecule has 41 heavy (non-hydrogen) atoms. The van der Waals surface area contributed by atoms with Gasteiger partial charge in [-0.15, -0.1) is 0 Å². The maximum Gasteiger partial charge on any atom is 0.503 e. The van der Waals surface area contributed by atoms with E-state index in [1.54, 1.807) is 29.2 Å². The van der Waals surface area contributed by atoms with Crippen molar-refractivity contribution in [1.29, 1.82) is 0 Å². The highest BCUT2D eigenvalue weighted by atomic mass is 16.7. The molecule has 0 atom stereocenters. The maximum atomic E-state index is 13.3. The van der Waals surface area contributed by atoms with E-state index < -0.39 is 25.0 Å². The van der Waals surface area contributed by atoms with Crippen molar-refractivity contribution in [2.24, 2.45) is 10.7 Å². The first kappa shape index (κ1) is 31.8. The lowest BCUT2D eigenvalue weighted by Crippen LogP contribution is -2.26. The molecule has 0 bridgehead atoms. The Morgan fingerprint density at radius 2 is 1.59 bits per heavy atom. The van der Waals surface area contributed by atoms with E-state index >= 15 is 0 Å². The van der Waals surface area contributed by atoms with E-state index in [0.717, 1.165) is 5.56 Å². The van der Waals surface area contributed by atoms with Gasteiger partial charge < -0.3 is 39.8 Å². The lowest BCUT2D eigenvalue weighted by atomic mass is 10.0. The van der Waals surface area contributed by atoms with Crippen LogP contribution in [0.5, 0.6) is 0 Å². The Morgan fingerprint density at radius 3 is 2.12 bits per heavy atom. The van der Waals surface area contributed by atoms with E-state index in [1.807, 2.05) is 24.3 Å². The molecule has 3 rings (SSSR count). The summed E-state index contributed by atoms with van der Waals surface area (Å²) in [5.74, 6) is -0.696. The zero-order valence-corrected chi connectivity index (χ0v) is 22.5. The number of amides is 2. The van der Waals surface area contributed by atoms with Gasteiger partial charge in [-0.1, -0.05) is 24.3 Å². The van der Waals surface area contributed by atoms with Crippen LogP contribution in [0.3, 0.4) is 0 Å². The molecule has 1 heterocycles. The van der Waals surface area contributed by atoms with E-state index in [2.05, 4.69) is 19.2 Å². The van der Waals surface area contributed by atoms with Gasteiger partial charge in [0.15, 0.2) is 0 Å². The Hall–Kier alpha value is -5.40. The number of rotatable bonds is 9. The standard InChI is InChI=1S/C26H27N3O8.CH2O3/c1-16(30)36-15-37-26(33)28-24(27)19-9-11-20(12-10-19)29-14-21(34-2)23(25(29)32)18-7-4-17(5-8-18)6-13-22(31)35-3;2-1(3)4/h4-5,7-12H,6,13-15H2,1-3H3,(H2,27,28,33);(H2,2,3,4). The van der Waals surface area contributed by atoms with Gasteiger partial charge in [-0.05, 0) is 41.8 Å². The molecule has 0 saturated carbocycles. The van der Waals surface area contributed by atoms with Crippen LogP contribution in [-0.4, -0.2) is 73.7 Å². The molecule has 2 aromatic carbocycles. The first-order chi connectivity index (χ1) is 19.5. The molecule has 4 N–H and O–H groups in total. The summed E-state index contributed by atoms with van der Waals surface area (Å²) in [6, 6.07) is 13.9. The number of nitrogens with zero attached hydrogens (tertiary/aromatic N) is 2. The molecule has 218 valence electrons. The lowest BCUT2D eigenvalue weighted by Gasteiger charge is -2.17. The summed E-state index contributed by atoms with van der Waals surface area (Å²) >= 11 is 0. The van der Waals surface area contributed by atoms with E-state index in [9.17, 15) is 19.2 Å². The number of carboxylic acid groups (broad SMARTS) is 2. The summed E-state index contributed by atoms with van der Waals surface area (Å²) in [5, 5.41) is 13.9. The number of hydrogen-bond donors (Lipinski definition) is 3. The molecule has 0 aromatic heterocycles. The number of aliphatic imine (C=N–C) groups is 1. The van der Waals surface area contributed by atoms with Gasteiger partial charge in [0.1, 0.15) is 11.6 Å². The summed E-state index contributed by atoms with van der Waals surface area (Å²) in [7, 11) is 2.86. The minimum atomic E-state index is -1.83. The van der Waals surface area contributed by atoms with E-state index in [4.69, 9.17) is 25.5 Å². The second kappa shape index (κ2) is 15.3. The average Bonchev–Trinajstić information content (AvgIpc) is 3.27. The van der Waals surface area contributed by atoms with Crippen LogP contribution in [0.15, 0.2) is 59.3 Å². The van der Waals surface area contributed by atoms with Gasteiger partial charge in [-0.25, -0.2) is 9.59 Å². The molecule has 0 aliphatic carbocycles. The normalized spacial score (nSPS) is 12.7. The quantitative estimate of drug-likeness (QED) is 0.172. The number of benzene rings is 2. The van der Waals surface area contributed by atoms with E-state index in [0.29, 0.717) is 34.6 Å². The molecule has 14 heteroatoms. The number of amidine groups is 1. The molecule has 0 unspecified atom stereocenters. The Labute approximate surface area is 234 Å². The Bertz CT molecular complexity index is 1330. The zero-order valence-electron chi connectivity index (χ0n) is 22.5. The van der Waals surface area contributed by atoms with Gasteiger partial charge in [-0.2, -0.15) is 4.99 Å². The summed E-state index contributed by atoms with van der Waals surface area (Å²) < 4.78 is 19.3. The molecule has 1 aliphatic rings. The highest BCUT2D eigenvalue weighted by molar-refractivity contribution is 6.29. The molecule has 0 radical (unpaired) electrons. The Kier molecular flexibility index (Phi) is 11.8. The third kappa shape index (κ3) is 9.69. The van der Waals surface area contributed by atoms with Crippen molar-refractivity contribution in [3.05, 3.63) is 71.0 Å². The van der Waals surface area contributed by atoms with Crippen molar-refractivity contribution in [3.8, 4) is 0 Å². The number of esters is 2. The second-order valence-electron chi connectivity index (χ2n) is 8.16. The van der Waals surface area contributed by atoms with Crippen LogP contribution in [-0.2, 0) is 39.8 Å². The molecule has 14 nitrogen and oxygen atoms in total. The summed E-state index contributed by atoms with van der Waals surface area (Å²) in [6.45, 7) is 0.853. The third-order valence-electron chi connectivity index (χ3n) is 5.51. The SMILES string of the molecule is COC(=O)CCc1ccc(C2=C(OC)CN(c3ccc(/C(N)=N/C(=O)OCOC(C)=O)cc3)C2=O)cc1.O=C(O)O. The third-order valence-corrected chi connectivity index (χ3v) is 5.51. The molecule has 1 aliphatic heterocycles. The van der Waals surface area contributed by atoms with Crippen LogP contribution in [0.4, 0.5) is 15.3 Å². The summed E-state index contributed by atoms with van der Waals surface area (Å²) in [6.07, 6.45) is -2.03. The fourth-order valence-corrected chi connectivity index (χ4v) is 3.57. The van der Waals surface area contributed by atoms with Crippen molar-refractivity contribution in [3.63, 3.8) is 0 Å². The Morgan fingerprint density at radius 1 is 0.976 bits per heavy atom. The van der Waals surface area contributed by atoms with Crippen molar-refractivity contribution >= 4 is 47.2 Å². The largest absolute Gasteiger partial charge is 0.503 e. The monoisotopic (exact) mass is 571 g/mol. The van der Waals surface area contributed by atoms with E-state index in [1.165, 1.54) is 21.1 Å². The van der Waals surface area contributed by atoms with Crippen molar-refractivity contribution in [2.45, 2.75) is 19.8 Å². The van der Waals surface area contributed by atoms with Crippen LogP contribution >= 0.6 is 0 Å². The predicted molar refractivity (Wildman–Crippen MR) is 144 cm³/mol. The topological polar surface area (TPSA) is 204 Å². The van der Waals surface area contributed by atoms with Crippen molar-refractivity contribution in [2.75, 3.05) is 32.5 Å². The number of nitrogens with two attached hydrogens (primary N) is 1. The van der Waals surface area contributed by atoms with Gasteiger partial charge in [0, 0.05) is 24.6 Å². The van der Waals surface area contributed by atoms with Crippen LogP contribution in [0.2, 0.25) is 0 Å². The zero-order chi connectivity index (χ0) is 30.5. The lowest BCUT2D eigenvalue weighted by molar-refractivity contribution is -0.149. The minimum absolute atomic E-state index is 0.101. The molecular weight excluding hydrogens is 542 g/mol. The van der Waals surface area contributed by atoms with Crippen LogP contribution < -0.4 is 10.6 Å². The predicted octanol–water partition coefficient (Wildman–Crippen LogP) is 2.78. The van der Waals surface area contributed by atoms with E-state index in [-0.39, 0.29) is 30.7 Å². The highest BCUT2D eigenvalue weighted by Crippen LogP contribution is 2.32. The number of anilines is 1. The Balaban J connectivity index is 0.00000138. The number of methoxy groups -OCH3 is 2. The number of carbonyl (C=O) groups is 5. The molecule has 0 saturated heterocycles. The number of ether oxygens (including phenoxy) is 4. The molecule has 0 fully saturated rings. The molecule has 0 spiro atoms. The summed E-state index contributed by atoms with van der Waals surface area (Å²) in [5.41, 5.74) is 8.99. The van der Waals surface area contributed by atoms with Gasteiger partial charge in [0.05, 0.1) is 26.3 Å². The van der Waals surface area contributed by atoms with Crippen molar-refractivity contribution < 1.29 is 53.1 Å². The average molecular weight is 572 g/mol. The van der Waals surface area contributed by atoms with Gasteiger partial charge >= 0.3 is 24.2 Å². The van der Waals surface area contributed by atoms with Crippen LogP contribution in [0.1, 0.15) is 30.0 Å². The fraction of sp³-hybridized carbons (Fsp3) is 0.259. The van der Waals surface area contributed by atoms with Crippen molar-refractivity contribution in [1.82, 2.24) is 0 Å². The van der Waals surface area contributed by atoms with Crippen LogP contribution in [0.25, 0.3) is 5.57 Å². The molecule has 2 amide bonds. The number of aryl methyl sites for hydroxylation is 1. The van der Waals surface area contributed by atoms with Gasteiger partial charge in [-0.3, -0.25) is 14.4 Å². The minimum Gasteiger partial charge on any atom is -0.498 e. The van der Waals surface area contributed by atoms with Gasteiger partial charge in [0.25, 0.3) is 5.91 Å². The first-order valence-electron chi connectivity index (χ1n) is 11.9. The van der Waals surface area contributed by atoms with Crippen LogP contribution in [0, 0.1) is 0 Å².